The van der Waals surface area contributed by atoms with Crippen molar-refractivity contribution in [3.63, 3.8) is 0 Å². The van der Waals surface area contributed by atoms with Gasteiger partial charge in [0.2, 0.25) is 0 Å². The van der Waals surface area contributed by atoms with Gasteiger partial charge in [0, 0.05) is 32.7 Å². The fourth-order valence-corrected chi connectivity index (χ4v) is 6.87. The van der Waals surface area contributed by atoms with Crippen molar-refractivity contribution in [2.45, 2.75) is 141 Å². The lowest BCUT2D eigenvalue weighted by Gasteiger charge is -2.43. The molecule has 0 amide bonds. The minimum atomic E-state index is -1.73. The molecule has 0 radical (unpaired) electrons. The Labute approximate surface area is 224 Å². The molecule has 0 aromatic heterocycles. The third-order valence-electron chi connectivity index (χ3n) is 6.69. The van der Waals surface area contributed by atoms with Crippen LogP contribution in [-0.4, -0.2) is 67.9 Å². The van der Waals surface area contributed by atoms with Crippen molar-refractivity contribution in [2.75, 3.05) is 20.3 Å². The van der Waals surface area contributed by atoms with Crippen molar-refractivity contribution < 1.29 is 27.8 Å². The zero-order valence-electron chi connectivity index (χ0n) is 24.6. The van der Waals surface area contributed by atoms with E-state index in [-0.39, 0.29) is 36.8 Å². The molecule has 0 saturated carbocycles. The Kier molecular flexibility index (Phi) is 14.4. The van der Waals surface area contributed by atoms with Crippen molar-refractivity contribution >= 4 is 16.6 Å². The summed E-state index contributed by atoms with van der Waals surface area (Å²) in [6.45, 7) is 17.4. The van der Waals surface area contributed by atoms with Crippen LogP contribution in [0.1, 0.15) is 71.1 Å². The van der Waals surface area contributed by atoms with Gasteiger partial charge in [-0.15, -0.1) is 0 Å². The summed E-state index contributed by atoms with van der Waals surface area (Å²) in [4.78, 5) is 0. The first-order valence-electron chi connectivity index (χ1n) is 14.5. The number of hydrogen-bond donors (Lipinski definition) is 0. The van der Waals surface area contributed by atoms with E-state index in [9.17, 15) is 0 Å². The van der Waals surface area contributed by atoms with Crippen LogP contribution in [0.4, 0.5) is 0 Å². The molecule has 2 aliphatic rings. The molecule has 36 heavy (non-hydrogen) atoms. The lowest BCUT2D eigenvalue weighted by molar-refractivity contribution is -0.212. The van der Waals surface area contributed by atoms with Gasteiger partial charge in [-0.25, -0.2) is 0 Å². The molecule has 0 aromatic carbocycles. The van der Waals surface area contributed by atoms with Crippen LogP contribution in [0.3, 0.4) is 0 Å². The molecule has 0 aromatic rings. The summed E-state index contributed by atoms with van der Waals surface area (Å²) in [5.41, 5.74) is 0. The van der Waals surface area contributed by atoms with E-state index in [1.54, 1.807) is 7.11 Å². The predicted octanol–water partition coefficient (Wildman–Crippen LogP) is 7.26. The van der Waals surface area contributed by atoms with Crippen LogP contribution in [0.5, 0.6) is 0 Å². The summed E-state index contributed by atoms with van der Waals surface area (Å²) in [6.07, 6.45) is 14.9. The second-order valence-corrected chi connectivity index (χ2v) is 21.4. The molecule has 0 bridgehead atoms. The Hall–Kier alpha value is -0.0662. The summed E-state index contributed by atoms with van der Waals surface area (Å²) in [7, 11) is -1.52. The largest absolute Gasteiger partial charge is 0.418 e. The molecular weight excluding hydrogens is 488 g/mol. The minimum absolute atomic E-state index is 0.0402. The van der Waals surface area contributed by atoms with Crippen LogP contribution in [0.25, 0.3) is 0 Å². The average Bonchev–Trinajstić information content (AvgIpc) is 2.80. The maximum atomic E-state index is 6.72. The molecule has 2 rings (SSSR count). The van der Waals surface area contributed by atoms with Crippen molar-refractivity contribution in [2.24, 2.45) is 5.92 Å². The third kappa shape index (κ3) is 13.1. The van der Waals surface area contributed by atoms with Gasteiger partial charge in [-0.1, -0.05) is 38.3 Å². The van der Waals surface area contributed by atoms with Crippen molar-refractivity contribution in [1.29, 1.82) is 0 Å². The first-order valence-corrected chi connectivity index (χ1v) is 21.3. The Morgan fingerprint density at radius 1 is 0.972 bits per heavy atom. The van der Waals surface area contributed by atoms with Gasteiger partial charge in [-0.3, -0.25) is 0 Å². The van der Waals surface area contributed by atoms with Gasteiger partial charge in [-0.05, 0) is 77.8 Å². The maximum absolute atomic E-state index is 6.72. The van der Waals surface area contributed by atoms with Crippen LogP contribution in [-0.2, 0) is 27.8 Å². The van der Waals surface area contributed by atoms with E-state index in [4.69, 9.17) is 27.8 Å². The van der Waals surface area contributed by atoms with E-state index < -0.39 is 16.6 Å². The van der Waals surface area contributed by atoms with E-state index in [2.05, 4.69) is 58.4 Å². The number of unbranched alkanes of at least 4 members (excludes halogenated alkanes) is 2. The number of ether oxygens (including phenoxy) is 4. The van der Waals surface area contributed by atoms with Crippen LogP contribution in [0.15, 0.2) is 12.2 Å². The zero-order valence-corrected chi connectivity index (χ0v) is 26.6. The first kappa shape index (κ1) is 32.1. The summed E-state index contributed by atoms with van der Waals surface area (Å²) in [5.74, 6) is 0.270. The summed E-state index contributed by atoms with van der Waals surface area (Å²) in [5, 5.41) is 0. The fourth-order valence-electron chi connectivity index (χ4n) is 4.94. The number of methoxy groups -OCH3 is 1. The molecule has 0 spiro atoms. The van der Waals surface area contributed by atoms with Crippen LogP contribution in [0.2, 0.25) is 39.3 Å². The molecule has 8 heteroatoms. The SMILES string of the molecule is CCCCC[C@@H](C=C[C@@H]1O[C@@H](OC)C[C@@H](O[Si](C)(C)C)[C@H]1CCCO[Si](C)(C)C)OC1CCCCO1. The van der Waals surface area contributed by atoms with Gasteiger partial charge in [0.05, 0.1) is 18.3 Å². The zero-order chi connectivity index (χ0) is 26.6. The molecule has 2 saturated heterocycles. The lowest BCUT2D eigenvalue weighted by Crippen LogP contribution is -2.49. The number of rotatable bonds is 16. The molecule has 6 nitrogen and oxygen atoms in total. The van der Waals surface area contributed by atoms with E-state index in [0.29, 0.717) is 0 Å². The Bertz CT molecular complexity index is 612. The number of hydrogen-bond acceptors (Lipinski definition) is 6. The first-order chi connectivity index (χ1) is 17.0. The molecule has 0 aliphatic carbocycles. The van der Waals surface area contributed by atoms with Crippen molar-refractivity contribution in [3.05, 3.63) is 12.2 Å². The quantitative estimate of drug-likeness (QED) is 0.116. The standard InChI is InChI=1S/C28H56O6Si2/c1-9-10-11-15-23(32-27-17-12-13-20-30-27)18-19-25-24(16-14-21-31-35(3,4)5)26(34-36(6,7)8)22-28(29-2)33-25/h18-19,23-28H,9-17,20-22H2,1-8H3/t23-,24-,25-,26+,27?,28+/m0/s1. The Balaban J connectivity index is 2.15. The van der Waals surface area contributed by atoms with Gasteiger partial charge in [0.1, 0.15) is 0 Å². The van der Waals surface area contributed by atoms with Crippen molar-refractivity contribution in [1.82, 2.24) is 0 Å². The van der Waals surface area contributed by atoms with Crippen LogP contribution in [0, 0.1) is 5.92 Å². The summed E-state index contributed by atoms with van der Waals surface area (Å²) < 4.78 is 37.4. The normalized spacial score (nSPS) is 29.1. The lowest BCUT2D eigenvalue weighted by atomic mass is 9.86. The topological polar surface area (TPSA) is 55.4 Å². The molecule has 2 fully saturated rings. The smallest absolute Gasteiger partial charge is 0.184 e. The second kappa shape index (κ2) is 16.1. The molecular formula is C28H56O6Si2. The van der Waals surface area contributed by atoms with Gasteiger partial charge in [-0.2, -0.15) is 0 Å². The Morgan fingerprint density at radius 3 is 2.36 bits per heavy atom. The molecule has 6 atom stereocenters. The highest BCUT2D eigenvalue weighted by Crippen LogP contribution is 2.34. The van der Waals surface area contributed by atoms with E-state index in [1.165, 1.54) is 19.3 Å². The molecule has 212 valence electrons. The van der Waals surface area contributed by atoms with Crippen molar-refractivity contribution in [3.8, 4) is 0 Å². The minimum Gasteiger partial charge on any atom is -0.418 e. The highest BCUT2D eigenvalue weighted by atomic mass is 28.4. The highest BCUT2D eigenvalue weighted by Gasteiger charge is 2.40. The van der Waals surface area contributed by atoms with E-state index >= 15 is 0 Å². The molecule has 0 N–H and O–H groups in total. The highest BCUT2D eigenvalue weighted by molar-refractivity contribution is 6.70. The maximum Gasteiger partial charge on any atom is 0.184 e. The molecule has 2 heterocycles. The average molecular weight is 545 g/mol. The van der Waals surface area contributed by atoms with E-state index in [1.807, 2.05) is 0 Å². The van der Waals surface area contributed by atoms with Gasteiger partial charge in [0.15, 0.2) is 29.2 Å². The van der Waals surface area contributed by atoms with Crippen LogP contribution >= 0.6 is 0 Å². The monoisotopic (exact) mass is 544 g/mol. The van der Waals surface area contributed by atoms with Gasteiger partial charge < -0.3 is 27.8 Å². The van der Waals surface area contributed by atoms with Gasteiger partial charge >= 0.3 is 0 Å². The predicted molar refractivity (Wildman–Crippen MR) is 152 cm³/mol. The fraction of sp³-hybridized carbons (Fsp3) is 0.929. The Morgan fingerprint density at radius 2 is 1.75 bits per heavy atom. The van der Waals surface area contributed by atoms with E-state index in [0.717, 1.165) is 58.2 Å². The van der Waals surface area contributed by atoms with Crippen LogP contribution < -0.4 is 0 Å². The van der Waals surface area contributed by atoms with Gasteiger partial charge in [0.25, 0.3) is 0 Å². The summed E-state index contributed by atoms with van der Waals surface area (Å²) in [6, 6.07) is 0. The molecule has 1 unspecified atom stereocenters. The summed E-state index contributed by atoms with van der Waals surface area (Å²) >= 11 is 0. The third-order valence-corrected chi connectivity index (χ3v) is 8.77. The molecule has 2 aliphatic heterocycles. The second-order valence-electron chi connectivity index (χ2n) is 12.4.